The maximum absolute atomic E-state index is 12.3. The Morgan fingerprint density at radius 1 is 1.36 bits per heavy atom. The van der Waals surface area contributed by atoms with Crippen molar-refractivity contribution in [2.45, 2.75) is 45.6 Å². The van der Waals surface area contributed by atoms with Gasteiger partial charge in [0, 0.05) is 19.3 Å². The predicted molar refractivity (Wildman–Crippen MR) is 61.7 cm³/mol. The molecule has 3 nitrogen and oxygen atoms in total. The molecule has 0 aromatic carbocycles. The van der Waals surface area contributed by atoms with Gasteiger partial charge in [-0.15, -0.1) is 0 Å². The second-order valence-electron chi connectivity index (χ2n) is 4.11. The molecule has 84 valence electrons. The molecule has 2 unspecified atom stereocenters. The molecule has 0 bridgehead atoms. The summed E-state index contributed by atoms with van der Waals surface area (Å²) in [6.45, 7) is 6.03. The zero-order valence-corrected chi connectivity index (χ0v) is 10.3. The van der Waals surface area contributed by atoms with Gasteiger partial charge in [0.2, 0.25) is 0 Å². The van der Waals surface area contributed by atoms with Crippen molar-refractivity contribution in [2.24, 2.45) is 4.36 Å². The first kappa shape index (κ1) is 12.0. The van der Waals surface area contributed by atoms with Gasteiger partial charge in [-0.05, 0) is 26.2 Å². The van der Waals surface area contributed by atoms with Crippen LogP contribution in [0.5, 0.6) is 0 Å². The molecule has 0 aromatic rings. The van der Waals surface area contributed by atoms with Crippen molar-refractivity contribution in [3.8, 4) is 0 Å². The van der Waals surface area contributed by atoms with Gasteiger partial charge in [0.15, 0.2) is 0 Å². The molecule has 0 amide bonds. The quantitative estimate of drug-likeness (QED) is 0.715. The molecule has 0 N–H and O–H groups in total. The first-order valence-electron chi connectivity index (χ1n) is 5.52. The molecule has 0 spiro atoms. The largest absolute Gasteiger partial charge is 0.234 e. The van der Waals surface area contributed by atoms with E-state index in [4.69, 9.17) is 0 Å². The molecule has 1 rings (SSSR count). The number of rotatable bonds is 3. The van der Waals surface area contributed by atoms with Crippen LogP contribution in [-0.4, -0.2) is 33.9 Å². The first-order valence-corrected chi connectivity index (χ1v) is 7.40. The van der Waals surface area contributed by atoms with Gasteiger partial charge < -0.3 is 0 Å². The normalized spacial score (nSPS) is 25.4. The SMILES string of the molecule is CCC(C)N=S(C)(=O)N1CCCCC1. The lowest BCUT2D eigenvalue weighted by Gasteiger charge is -2.27. The van der Waals surface area contributed by atoms with E-state index in [1.807, 2.05) is 6.92 Å². The Kier molecular flexibility index (Phi) is 4.38. The molecule has 1 aliphatic heterocycles. The molecule has 0 saturated carbocycles. The zero-order chi connectivity index (χ0) is 10.6. The zero-order valence-electron chi connectivity index (χ0n) is 9.53. The van der Waals surface area contributed by atoms with Gasteiger partial charge in [0.25, 0.3) is 0 Å². The molecule has 1 fully saturated rings. The van der Waals surface area contributed by atoms with Crippen LogP contribution in [0, 0.1) is 0 Å². The third kappa shape index (κ3) is 3.24. The van der Waals surface area contributed by atoms with E-state index in [2.05, 4.69) is 15.6 Å². The summed E-state index contributed by atoms with van der Waals surface area (Å²) in [5.41, 5.74) is 0. The van der Waals surface area contributed by atoms with Gasteiger partial charge in [-0.25, -0.2) is 12.9 Å². The maximum atomic E-state index is 12.3. The number of hydrogen-bond acceptors (Lipinski definition) is 2. The summed E-state index contributed by atoms with van der Waals surface area (Å²) in [5, 5.41) is 0. The number of piperidine rings is 1. The molecule has 1 aliphatic rings. The van der Waals surface area contributed by atoms with E-state index in [1.165, 1.54) is 19.3 Å². The molecular weight excluding hydrogens is 196 g/mol. The van der Waals surface area contributed by atoms with Crippen LogP contribution in [0.2, 0.25) is 0 Å². The third-order valence-corrected chi connectivity index (χ3v) is 4.83. The smallest absolute Gasteiger partial charge is 0.107 e. The van der Waals surface area contributed by atoms with Crippen LogP contribution < -0.4 is 0 Å². The fourth-order valence-electron chi connectivity index (χ4n) is 1.68. The maximum Gasteiger partial charge on any atom is 0.107 e. The van der Waals surface area contributed by atoms with Crippen molar-refractivity contribution in [2.75, 3.05) is 19.3 Å². The fourth-order valence-corrected chi connectivity index (χ4v) is 3.56. The number of nitrogens with zero attached hydrogens (tertiary/aromatic N) is 2. The summed E-state index contributed by atoms with van der Waals surface area (Å²) in [5.74, 6) is 0. The highest BCUT2D eigenvalue weighted by molar-refractivity contribution is 7.90. The van der Waals surface area contributed by atoms with Crippen molar-refractivity contribution in [3.63, 3.8) is 0 Å². The molecule has 2 atom stereocenters. The first-order chi connectivity index (χ1) is 6.56. The molecule has 14 heavy (non-hydrogen) atoms. The lowest BCUT2D eigenvalue weighted by Crippen LogP contribution is -2.35. The van der Waals surface area contributed by atoms with Crippen molar-refractivity contribution in [1.82, 2.24) is 4.31 Å². The second kappa shape index (κ2) is 5.12. The second-order valence-corrected chi connectivity index (χ2v) is 6.37. The van der Waals surface area contributed by atoms with E-state index >= 15 is 0 Å². The summed E-state index contributed by atoms with van der Waals surface area (Å²) >= 11 is 0. The summed E-state index contributed by atoms with van der Waals surface area (Å²) in [7, 11) is -2.09. The number of hydrogen-bond donors (Lipinski definition) is 0. The average molecular weight is 218 g/mol. The van der Waals surface area contributed by atoms with Crippen molar-refractivity contribution < 1.29 is 4.21 Å². The molecule has 1 heterocycles. The van der Waals surface area contributed by atoms with E-state index in [9.17, 15) is 4.21 Å². The highest BCUT2D eigenvalue weighted by Crippen LogP contribution is 2.15. The third-order valence-electron chi connectivity index (χ3n) is 2.76. The fraction of sp³-hybridized carbons (Fsp3) is 1.00. The minimum absolute atomic E-state index is 0.217. The monoisotopic (exact) mass is 218 g/mol. The molecular formula is C10H22N2OS. The Balaban J connectivity index is 2.71. The standard InChI is InChI=1S/C10H22N2OS/c1-4-10(2)11-14(3,13)12-8-6-5-7-9-12/h10H,4-9H2,1-3H3. The van der Waals surface area contributed by atoms with Crippen LogP contribution >= 0.6 is 0 Å². The van der Waals surface area contributed by atoms with Gasteiger partial charge in [-0.3, -0.25) is 0 Å². The van der Waals surface area contributed by atoms with E-state index < -0.39 is 9.92 Å². The Morgan fingerprint density at radius 2 is 1.93 bits per heavy atom. The van der Waals surface area contributed by atoms with E-state index in [-0.39, 0.29) is 6.04 Å². The molecule has 0 aromatic heterocycles. The Bertz CT molecular complexity index is 276. The van der Waals surface area contributed by atoms with Gasteiger partial charge in [-0.2, -0.15) is 0 Å². The highest BCUT2D eigenvalue weighted by Gasteiger charge is 2.18. The summed E-state index contributed by atoms with van der Waals surface area (Å²) in [6.07, 6.45) is 6.36. The van der Waals surface area contributed by atoms with Gasteiger partial charge >= 0.3 is 0 Å². The molecule has 1 saturated heterocycles. The van der Waals surface area contributed by atoms with Crippen LogP contribution in [0.4, 0.5) is 0 Å². The predicted octanol–water partition coefficient (Wildman–Crippen LogP) is 2.28. The van der Waals surface area contributed by atoms with Crippen LogP contribution in [0.3, 0.4) is 0 Å². The molecule has 0 aliphatic carbocycles. The average Bonchev–Trinajstić information content (AvgIpc) is 2.18. The summed E-state index contributed by atoms with van der Waals surface area (Å²) in [4.78, 5) is 0. The van der Waals surface area contributed by atoms with Crippen LogP contribution in [0.1, 0.15) is 39.5 Å². The van der Waals surface area contributed by atoms with Crippen LogP contribution in [0.15, 0.2) is 4.36 Å². The van der Waals surface area contributed by atoms with Crippen LogP contribution in [0.25, 0.3) is 0 Å². The van der Waals surface area contributed by atoms with Gasteiger partial charge in [0.1, 0.15) is 9.92 Å². The van der Waals surface area contributed by atoms with Crippen molar-refractivity contribution in [1.29, 1.82) is 0 Å². The lowest BCUT2D eigenvalue weighted by molar-refractivity contribution is 0.362. The summed E-state index contributed by atoms with van der Waals surface area (Å²) in [6, 6.07) is 0.217. The Morgan fingerprint density at radius 3 is 2.43 bits per heavy atom. The topological polar surface area (TPSA) is 32.7 Å². The highest BCUT2D eigenvalue weighted by atomic mass is 32.2. The van der Waals surface area contributed by atoms with Crippen molar-refractivity contribution >= 4 is 9.92 Å². The lowest BCUT2D eigenvalue weighted by atomic mass is 10.2. The molecule has 0 radical (unpaired) electrons. The van der Waals surface area contributed by atoms with Crippen LogP contribution in [-0.2, 0) is 9.92 Å². The minimum Gasteiger partial charge on any atom is -0.234 e. The van der Waals surface area contributed by atoms with Gasteiger partial charge in [0.05, 0.1) is 6.04 Å². The Hall–Kier alpha value is -0.0900. The van der Waals surface area contributed by atoms with Crippen molar-refractivity contribution in [3.05, 3.63) is 0 Å². The summed E-state index contributed by atoms with van der Waals surface area (Å²) < 4.78 is 18.7. The van der Waals surface area contributed by atoms with E-state index in [0.29, 0.717) is 0 Å². The Labute approximate surface area is 88.2 Å². The molecule has 4 heteroatoms. The van der Waals surface area contributed by atoms with E-state index in [0.717, 1.165) is 19.5 Å². The van der Waals surface area contributed by atoms with E-state index in [1.54, 1.807) is 6.26 Å². The van der Waals surface area contributed by atoms with Gasteiger partial charge in [-0.1, -0.05) is 13.3 Å². The minimum atomic E-state index is -2.09.